The molecule has 0 saturated carbocycles. The molecule has 1 fully saturated rings. The quantitative estimate of drug-likeness (QED) is 0.693. The number of nitriles is 1. The lowest BCUT2D eigenvalue weighted by atomic mass is 9.74. The van der Waals surface area contributed by atoms with Crippen LogP contribution in [0.4, 0.5) is 0 Å². The second-order valence-electron chi connectivity index (χ2n) is 6.35. The van der Waals surface area contributed by atoms with E-state index in [0.717, 1.165) is 17.3 Å². The molecule has 0 amide bonds. The Morgan fingerprint density at radius 1 is 1.04 bits per heavy atom. The van der Waals surface area contributed by atoms with Crippen LogP contribution in [0.5, 0.6) is 0 Å². The number of benzene rings is 2. The summed E-state index contributed by atoms with van der Waals surface area (Å²) in [6, 6.07) is 17.1. The van der Waals surface area contributed by atoms with Crippen molar-refractivity contribution in [3.8, 4) is 6.07 Å². The Hall–Kier alpha value is -2.34. The van der Waals surface area contributed by atoms with E-state index in [1.807, 2.05) is 30.3 Å². The molecule has 0 radical (unpaired) electrons. The fraction of sp³-hybridized carbons (Fsp3) is 0.278. The first-order valence-electron chi connectivity index (χ1n) is 8.25. The maximum atomic E-state index is 13.1. The monoisotopic (exact) mass is 384 g/mol. The van der Waals surface area contributed by atoms with Crippen molar-refractivity contribution in [2.24, 2.45) is 0 Å². The van der Waals surface area contributed by atoms with Gasteiger partial charge in [-0.05, 0) is 30.5 Å². The van der Waals surface area contributed by atoms with Crippen LogP contribution in [0, 0.1) is 11.3 Å². The second kappa shape index (κ2) is 6.43. The van der Waals surface area contributed by atoms with Crippen molar-refractivity contribution in [3.63, 3.8) is 0 Å². The highest BCUT2D eigenvalue weighted by molar-refractivity contribution is 7.89. The molecule has 0 N–H and O–H groups in total. The van der Waals surface area contributed by atoms with Crippen LogP contribution in [0.25, 0.3) is 11.0 Å². The van der Waals surface area contributed by atoms with Crippen molar-refractivity contribution in [2.75, 3.05) is 13.1 Å². The summed E-state index contributed by atoms with van der Waals surface area (Å²) in [4.78, 5) is 0.188. The Kier molecular flexibility index (Phi) is 4.23. The predicted molar refractivity (Wildman–Crippen MR) is 99.1 cm³/mol. The number of sulfonamides is 1. The summed E-state index contributed by atoms with van der Waals surface area (Å²) < 4.78 is 36.0. The van der Waals surface area contributed by atoms with Gasteiger partial charge in [-0.1, -0.05) is 36.4 Å². The Balaban J connectivity index is 1.64. The molecule has 0 atom stereocenters. The molecule has 132 valence electrons. The fourth-order valence-electron chi connectivity index (χ4n) is 3.46. The van der Waals surface area contributed by atoms with Gasteiger partial charge in [0.15, 0.2) is 0 Å². The van der Waals surface area contributed by atoms with Crippen LogP contribution in [-0.4, -0.2) is 34.6 Å². The Bertz CT molecular complexity index is 1080. The number of hydrogen-bond donors (Lipinski definition) is 0. The molecule has 0 unspecified atom stereocenters. The molecule has 3 aromatic rings. The molecular formula is C18H16N4O2S2. The number of nitrogens with zero attached hydrogens (tertiary/aromatic N) is 4. The van der Waals surface area contributed by atoms with Crippen LogP contribution < -0.4 is 0 Å². The highest BCUT2D eigenvalue weighted by Gasteiger charge is 2.40. The van der Waals surface area contributed by atoms with E-state index in [9.17, 15) is 13.7 Å². The third-order valence-corrected chi connectivity index (χ3v) is 7.46. The zero-order valence-corrected chi connectivity index (χ0v) is 15.5. The van der Waals surface area contributed by atoms with Crippen molar-refractivity contribution >= 4 is 32.8 Å². The zero-order chi connectivity index (χ0) is 18.2. The molecule has 0 bridgehead atoms. The maximum Gasteiger partial charge on any atom is 0.245 e. The number of aromatic nitrogens is 2. The van der Waals surface area contributed by atoms with Crippen LogP contribution >= 0.6 is 11.7 Å². The van der Waals surface area contributed by atoms with Crippen molar-refractivity contribution in [3.05, 3.63) is 54.1 Å². The van der Waals surface area contributed by atoms with Gasteiger partial charge in [0.05, 0.1) is 23.2 Å². The van der Waals surface area contributed by atoms with E-state index in [-0.39, 0.29) is 4.90 Å². The Morgan fingerprint density at radius 2 is 1.77 bits per heavy atom. The first-order valence-corrected chi connectivity index (χ1v) is 10.4. The number of hydrogen-bond acceptors (Lipinski definition) is 6. The minimum absolute atomic E-state index is 0.188. The van der Waals surface area contributed by atoms with Gasteiger partial charge in [0.1, 0.15) is 15.9 Å². The second-order valence-corrected chi connectivity index (χ2v) is 8.79. The van der Waals surface area contributed by atoms with Gasteiger partial charge in [0, 0.05) is 13.1 Å². The van der Waals surface area contributed by atoms with E-state index >= 15 is 0 Å². The van der Waals surface area contributed by atoms with Crippen molar-refractivity contribution < 1.29 is 8.42 Å². The van der Waals surface area contributed by atoms with Gasteiger partial charge in [-0.3, -0.25) is 0 Å². The van der Waals surface area contributed by atoms with E-state index in [0.29, 0.717) is 37.0 Å². The zero-order valence-electron chi connectivity index (χ0n) is 13.9. The lowest BCUT2D eigenvalue weighted by Crippen LogP contribution is -2.44. The van der Waals surface area contributed by atoms with Gasteiger partial charge in [-0.2, -0.15) is 18.3 Å². The van der Waals surface area contributed by atoms with E-state index in [4.69, 9.17) is 0 Å². The summed E-state index contributed by atoms with van der Waals surface area (Å²) in [7, 11) is -3.67. The SMILES string of the molecule is N#CC1(c2ccccc2)CCN(S(=O)(=O)c2cccc3nsnc23)CC1. The number of fused-ring (bicyclic) bond motifs is 1. The molecule has 1 aromatic heterocycles. The molecular weight excluding hydrogens is 368 g/mol. The minimum atomic E-state index is -3.67. The summed E-state index contributed by atoms with van der Waals surface area (Å²) in [5, 5.41) is 9.78. The largest absolute Gasteiger partial charge is 0.245 e. The van der Waals surface area contributed by atoms with E-state index < -0.39 is 15.4 Å². The Morgan fingerprint density at radius 3 is 2.46 bits per heavy atom. The maximum absolute atomic E-state index is 13.1. The van der Waals surface area contributed by atoms with Gasteiger partial charge in [-0.15, -0.1) is 0 Å². The van der Waals surface area contributed by atoms with Gasteiger partial charge in [0.25, 0.3) is 0 Å². The summed E-state index contributed by atoms with van der Waals surface area (Å²) in [5.41, 5.74) is 1.31. The average molecular weight is 384 g/mol. The van der Waals surface area contributed by atoms with Gasteiger partial charge < -0.3 is 0 Å². The summed E-state index contributed by atoms with van der Waals surface area (Å²) in [6.07, 6.45) is 0.941. The molecule has 4 rings (SSSR count). The Labute approximate surface area is 156 Å². The van der Waals surface area contributed by atoms with Gasteiger partial charge in [-0.25, -0.2) is 8.42 Å². The molecule has 0 spiro atoms. The molecule has 1 aliphatic heterocycles. The van der Waals surface area contributed by atoms with Gasteiger partial charge >= 0.3 is 0 Å². The number of rotatable bonds is 3. The van der Waals surface area contributed by atoms with Crippen LogP contribution in [0.3, 0.4) is 0 Å². The highest BCUT2D eigenvalue weighted by atomic mass is 32.2. The predicted octanol–water partition coefficient (Wildman–Crippen LogP) is 2.94. The summed E-state index contributed by atoms with van der Waals surface area (Å²) >= 11 is 1.00. The topological polar surface area (TPSA) is 87.0 Å². The molecule has 8 heteroatoms. The molecule has 6 nitrogen and oxygen atoms in total. The molecule has 2 heterocycles. The normalized spacial score (nSPS) is 17.8. The van der Waals surface area contributed by atoms with Gasteiger partial charge in [0.2, 0.25) is 10.0 Å². The first kappa shape index (κ1) is 17.1. The van der Waals surface area contributed by atoms with E-state index in [2.05, 4.69) is 14.8 Å². The highest BCUT2D eigenvalue weighted by Crippen LogP contribution is 2.37. The van der Waals surface area contributed by atoms with Crippen LogP contribution in [0.1, 0.15) is 18.4 Å². The first-order chi connectivity index (χ1) is 12.6. The minimum Gasteiger partial charge on any atom is -0.207 e. The fourth-order valence-corrected chi connectivity index (χ4v) is 5.65. The third-order valence-electron chi connectivity index (χ3n) is 4.98. The average Bonchev–Trinajstić information content (AvgIpc) is 3.17. The van der Waals surface area contributed by atoms with Crippen LogP contribution in [0.15, 0.2) is 53.4 Å². The molecule has 26 heavy (non-hydrogen) atoms. The number of piperidine rings is 1. The lowest BCUT2D eigenvalue weighted by Gasteiger charge is -2.36. The third kappa shape index (κ3) is 2.69. The summed E-state index contributed by atoms with van der Waals surface area (Å²) in [5.74, 6) is 0. The smallest absolute Gasteiger partial charge is 0.207 e. The molecule has 0 aliphatic carbocycles. The van der Waals surface area contributed by atoms with Crippen molar-refractivity contribution in [1.29, 1.82) is 5.26 Å². The van der Waals surface area contributed by atoms with Crippen LogP contribution in [-0.2, 0) is 15.4 Å². The van der Waals surface area contributed by atoms with E-state index in [1.54, 1.807) is 18.2 Å². The lowest BCUT2D eigenvalue weighted by molar-refractivity contribution is 0.277. The van der Waals surface area contributed by atoms with Crippen molar-refractivity contribution in [1.82, 2.24) is 13.1 Å². The molecule has 1 aliphatic rings. The van der Waals surface area contributed by atoms with Crippen LogP contribution in [0.2, 0.25) is 0 Å². The molecule has 1 saturated heterocycles. The standard InChI is InChI=1S/C18H16N4O2S2/c19-13-18(14-5-2-1-3-6-14)9-11-22(12-10-18)26(23,24)16-8-4-7-15-17(16)21-25-20-15/h1-8H,9-12H2. The summed E-state index contributed by atoms with van der Waals surface area (Å²) in [6.45, 7) is 0.609. The van der Waals surface area contributed by atoms with E-state index in [1.165, 1.54) is 4.31 Å². The van der Waals surface area contributed by atoms with Crippen molar-refractivity contribution in [2.45, 2.75) is 23.2 Å². The molecule has 2 aromatic carbocycles.